The van der Waals surface area contributed by atoms with E-state index in [1.807, 2.05) is 11.6 Å². The monoisotopic (exact) mass is 191 g/mol. The van der Waals surface area contributed by atoms with E-state index in [9.17, 15) is 0 Å². The summed E-state index contributed by atoms with van der Waals surface area (Å²) in [7, 11) is 0. The van der Waals surface area contributed by atoms with Crippen molar-refractivity contribution < 1.29 is 0 Å². The Morgan fingerprint density at radius 1 is 1.36 bits per heavy atom. The summed E-state index contributed by atoms with van der Waals surface area (Å²) in [4.78, 5) is 8.04. The highest BCUT2D eigenvalue weighted by Crippen LogP contribution is 2.22. The second kappa shape index (κ2) is 2.94. The van der Waals surface area contributed by atoms with E-state index in [2.05, 4.69) is 28.9 Å². The normalized spacial score (nSPS) is 11.4. The number of nitrogens with two attached hydrogens (primary N) is 1. The van der Waals surface area contributed by atoms with Crippen LogP contribution in [-0.2, 0) is 0 Å². The number of aryl methyl sites for hydroxylation is 1. The lowest BCUT2D eigenvalue weighted by Gasteiger charge is -2.06. The molecule has 2 rings (SSSR count). The van der Waals surface area contributed by atoms with E-state index < -0.39 is 0 Å². The van der Waals surface area contributed by atoms with E-state index in [0.717, 1.165) is 11.1 Å². The Balaban J connectivity index is 2.81. The Kier molecular flexibility index (Phi) is 1.87. The molecule has 0 bridgehead atoms. The van der Waals surface area contributed by atoms with Crippen molar-refractivity contribution >= 4 is 16.9 Å². The summed E-state index contributed by atoms with van der Waals surface area (Å²) < 4.78 is 1.91. The Bertz CT molecular complexity index is 471. The van der Waals surface area contributed by atoms with Gasteiger partial charge in [0.1, 0.15) is 12.1 Å². The van der Waals surface area contributed by atoms with Gasteiger partial charge >= 0.3 is 0 Å². The molecule has 2 heterocycles. The summed E-state index contributed by atoms with van der Waals surface area (Å²) >= 11 is 0. The van der Waals surface area contributed by atoms with Crippen LogP contribution < -0.4 is 5.73 Å². The Morgan fingerprint density at radius 2 is 2.07 bits per heavy atom. The van der Waals surface area contributed by atoms with Gasteiger partial charge in [-0.05, 0) is 20.8 Å². The molecule has 74 valence electrons. The maximum atomic E-state index is 5.77. The quantitative estimate of drug-likeness (QED) is 0.737. The number of aromatic nitrogens is 4. The van der Waals surface area contributed by atoms with Crippen molar-refractivity contribution in [2.24, 2.45) is 0 Å². The van der Waals surface area contributed by atoms with Crippen LogP contribution in [-0.4, -0.2) is 19.7 Å². The fourth-order valence-electron chi connectivity index (χ4n) is 1.61. The zero-order valence-electron chi connectivity index (χ0n) is 8.52. The van der Waals surface area contributed by atoms with Crippen molar-refractivity contribution in [2.45, 2.75) is 26.8 Å². The Hall–Kier alpha value is -1.65. The summed E-state index contributed by atoms with van der Waals surface area (Å²) in [5.41, 5.74) is 7.46. The summed E-state index contributed by atoms with van der Waals surface area (Å²) in [5, 5.41) is 5.22. The van der Waals surface area contributed by atoms with Gasteiger partial charge in [0.15, 0.2) is 5.65 Å². The van der Waals surface area contributed by atoms with E-state index in [-0.39, 0.29) is 0 Å². The predicted molar refractivity (Wildman–Crippen MR) is 54.9 cm³/mol. The lowest BCUT2D eigenvalue weighted by molar-refractivity contribution is 0.523. The molecule has 0 aliphatic rings. The van der Waals surface area contributed by atoms with Crippen LogP contribution in [0.25, 0.3) is 11.0 Å². The second-order valence-electron chi connectivity index (χ2n) is 3.58. The van der Waals surface area contributed by atoms with Crippen LogP contribution in [0.15, 0.2) is 6.33 Å². The van der Waals surface area contributed by atoms with Gasteiger partial charge in [-0.25, -0.2) is 9.97 Å². The molecule has 2 N–H and O–H groups in total. The molecule has 0 atom stereocenters. The van der Waals surface area contributed by atoms with Crippen LogP contribution in [0.2, 0.25) is 0 Å². The molecule has 0 radical (unpaired) electrons. The maximum absolute atomic E-state index is 5.77. The van der Waals surface area contributed by atoms with E-state index in [1.165, 1.54) is 6.33 Å². The number of fused-ring (bicyclic) bond motifs is 1. The maximum Gasteiger partial charge on any atom is 0.186 e. The van der Waals surface area contributed by atoms with Gasteiger partial charge in [-0.1, -0.05) is 0 Å². The molecule has 2 aromatic heterocycles. The predicted octanol–water partition coefficient (Wildman–Crippen LogP) is 1.30. The van der Waals surface area contributed by atoms with E-state index in [1.54, 1.807) is 0 Å². The molecule has 14 heavy (non-hydrogen) atoms. The van der Waals surface area contributed by atoms with Crippen LogP contribution in [0.5, 0.6) is 0 Å². The van der Waals surface area contributed by atoms with Crippen LogP contribution in [0.4, 0.5) is 5.82 Å². The number of nitrogen functional groups attached to an aromatic ring is 1. The highest BCUT2D eigenvalue weighted by Gasteiger charge is 2.13. The van der Waals surface area contributed by atoms with Crippen LogP contribution in [0, 0.1) is 6.92 Å². The standard InChI is InChI=1S/C9H13N5/c1-5(2)14-6(3)7-8(10)11-4-12-9(7)13-14/h4-5H,1-3H3,(H2,10,11,12,13). The molecular formula is C9H13N5. The van der Waals surface area contributed by atoms with Crippen molar-refractivity contribution in [3.05, 3.63) is 12.0 Å². The minimum atomic E-state index is 0.309. The lowest BCUT2D eigenvalue weighted by Crippen LogP contribution is -2.04. The van der Waals surface area contributed by atoms with E-state index >= 15 is 0 Å². The van der Waals surface area contributed by atoms with Gasteiger partial charge in [0.25, 0.3) is 0 Å². The molecule has 0 aliphatic carbocycles. The number of nitrogens with zero attached hydrogens (tertiary/aromatic N) is 4. The van der Waals surface area contributed by atoms with Crippen LogP contribution >= 0.6 is 0 Å². The Morgan fingerprint density at radius 3 is 2.64 bits per heavy atom. The van der Waals surface area contributed by atoms with E-state index in [0.29, 0.717) is 17.5 Å². The summed E-state index contributed by atoms with van der Waals surface area (Å²) in [6.45, 7) is 6.13. The third kappa shape index (κ3) is 1.13. The average molecular weight is 191 g/mol. The van der Waals surface area contributed by atoms with Crippen LogP contribution in [0.3, 0.4) is 0 Å². The van der Waals surface area contributed by atoms with E-state index in [4.69, 9.17) is 5.73 Å². The largest absolute Gasteiger partial charge is 0.383 e. The average Bonchev–Trinajstić information content (AvgIpc) is 2.45. The van der Waals surface area contributed by atoms with Crippen molar-refractivity contribution in [3.8, 4) is 0 Å². The Labute approximate surface area is 82.0 Å². The topological polar surface area (TPSA) is 69.6 Å². The zero-order chi connectivity index (χ0) is 10.3. The molecule has 0 amide bonds. The molecule has 0 saturated carbocycles. The number of rotatable bonds is 1. The molecule has 5 heteroatoms. The lowest BCUT2D eigenvalue weighted by atomic mass is 10.3. The summed E-state index contributed by atoms with van der Waals surface area (Å²) in [5.74, 6) is 0.499. The fraction of sp³-hybridized carbons (Fsp3) is 0.444. The first-order valence-electron chi connectivity index (χ1n) is 4.56. The van der Waals surface area contributed by atoms with Crippen molar-refractivity contribution in [3.63, 3.8) is 0 Å². The number of hydrogen-bond donors (Lipinski definition) is 1. The fourth-order valence-corrected chi connectivity index (χ4v) is 1.61. The van der Waals surface area contributed by atoms with Crippen molar-refractivity contribution in [1.29, 1.82) is 0 Å². The van der Waals surface area contributed by atoms with Crippen molar-refractivity contribution in [2.75, 3.05) is 5.73 Å². The molecule has 0 aliphatic heterocycles. The molecule has 5 nitrogen and oxygen atoms in total. The van der Waals surface area contributed by atoms with Gasteiger partial charge in [-0.2, -0.15) is 5.10 Å². The highest BCUT2D eigenvalue weighted by molar-refractivity contribution is 5.87. The second-order valence-corrected chi connectivity index (χ2v) is 3.58. The first-order chi connectivity index (χ1) is 6.61. The SMILES string of the molecule is Cc1c2c(N)ncnc2nn1C(C)C. The minimum Gasteiger partial charge on any atom is -0.383 e. The molecular weight excluding hydrogens is 178 g/mol. The van der Waals surface area contributed by atoms with Gasteiger partial charge in [0, 0.05) is 11.7 Å². The summed E-state index contributed by atoms with van der Waals surface area (Å²) in [6.07, 6.45) is 1.44. The van der Waals surface area contributed by atoms with Crippen LogP contribution in [0.1, 0.15) is 25.6 Å². The van der Waals surface area contributed by atoms with Gasteiger partial charge in [0.05, 0.1) is 5.39 Å². The molecule has 0 saturated heterocycles. The van der Waals surface area contributed by atoms with Crippen molar-refractivity contribution in [1.82, 2.24) is 19.7 Å². The van der Waals surface area contributed by atoms with Gasteiger partial charge in [-0.15, -0.1) is 0 Å². The third-order valence-corrected chi connectivity index (χ3v) is 2.25. The molecule has 2 aromatic rings. The van der Waals surface area contributed by atoms with Gasteiger partial charge < -0.3 is 5.73 Å². The summed E-state index contributed by atoms with van der Waals surface area (Å²) in [6, 6.07) is 0.309. The smallest absolute Gasteiger partial charge is 0.186 e. The van der Waals surface area contributed by atoms with Gasteiger partial charge in [-0.3, -0.25) is 4.68 Å². The highest BCUT2D eigenvalue weighted by atomic mass is 15.3. The molecule has 0 fully saturated rings. The first-order valence-corrected chi connectivity index (χ1v) is 4.56. The third-order valence-electron chi connectivity index (χ3n) is 2.25. The number of hydrogen-bond acceptors (Lipinski definition) is 4. The number of anilines is 1. The first kappa shape index (κ1) is 8.93. The molecule has 0 spiro atoms. The minimum absolute atomic E-state index is 0.309. The molecule has 0 unspecified atom stereocenters. The molecule has 0 aromatic carbocycles. The van der Waals surface area contributed by atoms with Gasteiger partial charge in [0.2, 0.25) is 0 Å². The zero-order valence-corrected chi connectivity index (χ0v) is 8.52.